The van der Waals surface area contributed by atoms with Crippen molar-refractivity contribution in [1.82, 2.24) is 5.32 Å². The van der Waals surface area contributed by atoms with Gasteiger partial charge in [-0.2, -0.15) is 11.8 Å². The molecule has 2 saturated heterocycles. The Kier molecular flexibility index (Phi) is 3.82. The molecule has 2 heterocycles. The van der Waals surface area contributed by atoms with Crippen molar-refractivity contribution < 1.29 is 4.79 Å². The molecule has 3 rings (SSSR count). The van der Waals surface area contributed by atoms with E-state index in [4.69, 9.17) is 0 Å². The molecule has 0 radical (unpaired) electrons. The maximum atomic E-state index is 11.6. The van der Waals surface area contributed by atoms with Gasteiger partial charge in [0.1, 0.15) is 0 Å². The van der Waals surface area contributed by atoms with Crippen molar-refractivity contribution in [3.8, 4) is 0 Å². The molecule has 0 saturated carbocycles. The summed E-state index contributed by atoms with van der Waals surface area (Å²) in [5, 5.41) is 6.32. The van der Waals surface area contributed by atoms with Crippen LogP contribution in [0, 0.1) is 5.92 Å². The summed E-state index contributed by atoms with van der Waals surface area (Å²) in [6.07, 6.45) is 1.31. The van der Waals surface area contributed by atoms with Crippen LogP contribution in [0.25, 0.3) is 0 Å². The summed E-state index contributed by atoms with van der Waals surface area (Å²) >= 11 is 2.04. The zero-order valence-electron chi connectivity index (χ0n) is 10.9. The number of anilines is 2. The Hall–Kier alpha value is -1.36. The predicted molar refractivity (Wildman–Crippen MR) is 81.1 cm³/mol. The molecule has 0 aromatic heterocycles. The second-order valence-electron chi connectivity index (χ2n) is 5.04. The average Bonchev–Trinajstić information content (AvgIpc) is 3.08. The highest BCUT2D eigenvalue weighted by atomic mass is 32.2. The highest BCUT2D eigenvalue weighted by Crippen LogP contribution is 2.25. The second-order valence-corrected chi connectivity index (χ2v) is 6.19. The van der Waals surface area contributed by atoms with Crippen LogP contribution in [0.5, 0.6) is 0 Å². The van der Waals surface area contributed by atoms with Crippen LogP contribution in [0.2, 0.25) is 0 Å². The van der Waals surface area contributed by atoms with Crippen molar-refractivity contribution in [1.29, 1.82) is 0 Å². The SMILES string of the molecule is O=C1NCCN1c1cccc(NCC2CCSC2)c1. The first-order valence-corrected chi connectivity index (χ1v) is 7.95. The number of hydrogen-bond acceptors (Lipinski definition) is 3. The van der Waals surface area contributed by atoms with Gasteiger partial charge >= 0.3 is 6.03 Å². The third kappa shape index (κ3) is 2.97. The third-order valence-electron chi connectivity index (χ3n) is 3.63. The third-order valence-corrected chi connectivity index (χ3v) is 4.86. The van der Waals surface area contributed by atoms with Gasteiger partial charge in [-0.25, -0.2) is 4.79 Å². The van der Waals surface area contributed by atoms with E-state index >= 15 is 0 Å². The number of rotatable bonds is 4. The lowest BCUT2D eigenvalue weighted by Crippen LogP contribution is -2.27. The molecule has 2 fully saturated rings. The minimum Gasteiger partial charge on any atom is -0.385 e. The van der Waals surface area contributed by atoms with Crippen LogP contribution >= 0.6 is 11.8 Å². The monoisotopic (exact) mass is 277 g/mol. The maximum Gasteiger partial charge on any atom is 0.321 e. The van der Waals surface area contributed by atoms with Crippen LogP contribution in [-0.2, 0) is 0 Å². The van der Waals surface area contributed by atoms with E-state index in [1.54, 1.807) is 4.90 Å². The number of nitrogens with zero attached hydrogens (tertiary/aromatic N) is 1. The summed E-state index contributed by atoms with van der Waals surface area (Å²) in [5.41, 5.74) is 2.08. The summed E-state index contributed by atoms with van der Waals surface area (Å²) in [6, 6.07) is 8.13. The van der Waals surface area contributed by atoms with E-state index in [1.165, 1.54) is 17.9 Å². The highest BCUT2D eigenvalue weighted by molar-refractivity contribution is 7.99. The molecule has 2 amide bonds. The highest BCUT2D eigenvalue weighted by Gasteiger charge is 2.21. The topological polar surface area (TPSA) is 44.4 Å². The van der Waals surface area contributed by atoms with Crippen LogP contribution < -0.4 is 15.5 Å². The molecule has 0 bridgehead atoms. The molecule has 2 N–H and O–H groups in total. The van der Waals surface area contributed by atoms with E-state index in [0.717, 1.165) is 36.9 Å². The van der Waals surface area contributed by atoms with Gasteiger partial charge in [0.25, 0.3) is 0 Å². The first kappa shape index (κ1) is 12.7. The van der Waals surface area contributed by atoms with Crippen molar-refractivity contribution in [3.05, 3.63) is 24.3 Å². The number of hydrogen-bond donors (Lipinski definition) is 2. The average molecular weight is 277 g/mol. The van der Waals surface area contributed by atoms with Gasteiger partial charge < -0.3 is 10.6 Å². The summed E-state index contributed by atoms with van der Waals surface area (Å²) in [5.74, 6) is 3.34. The number of thioether (sulfide) groups is 1. The Morgan fingerprint density at radius 3 is 3.16 bits per heavy atom. The Morgan fingerprint density at radius 1 is 1.47 bits per heavy atom. The summed E-state index contributed by atoms with van der Waals surface area (Å²) < 4.78 is 0. The van der Waals surface area contributed by atoms with Crippen LogP contribution in [0.4, 0.5) is 16.2 Å². The van der Waals surface area contributed by atoms with E-state index in [0.29, 0.717) is 0 Å². The molecule has 102 valence electrons. The van der Waals surface area contributed by atoms with E-state index in [1.807, 2.05) is 23.9 Å². The minimum atomic E-state index is 0.00402. The molecule has 1 aromatic carbocycles. The zero-order valence-corrected chi connectivity index (χ0v) is 11.7. The number of urea groups is 1. The molecule has 4 nitrogen and oxygen atoms in total. The maximum absolute atomic E-state index is 11.6. The van der Waals surface area contributed by atoms with Crippen LogP contribution in [-0.4, -0.2) is 37.2 Å². The van der Waals surface area contributed by atoms with Crippen molar-refractivity contribution >= 4 is 29.2 Å². The lowest BCUT2D eigenvalue weighted by atomic mass is 10.1. The van der Waals surface area contributed by atoms with E-state index in [-0.39, 0.29) is 6.03 Å². The number of nitrogens with one attached hydrogen (secondary N) is 2. The van der Waals surface area contributed by atoms with Gasteiger partial charge in [0, 0.05) is 31.0 Å². The van der Waals surface area contributed by atoms with E-state index < -0.39 is 0 Å². The Labute approximate surface area is 117 Å². The van der Waals surface area contributed by atoms with Gasteiger partial charge in [-0.1, -0.05) is 6.07 Å². The van der Waals surface area contributed by atoms with Gasteiger partial charge in [0.2, 0.25) is 0 Å². The lowest BCUT2D eigenvalue weighted by molar-refractivity contribution is 0.252. The standard InChI is InChI=1S/C14H19N3OS/c18-14-15-5-6-17(14)13-3-1-2-12(8-13)16-9-11-4-7-19-10-11/h1-3,8,11,16H,4-7,9-10H2,(H,15,18). The molecule has 1 aromatic rings. The molecule has 1 unspecified atom stereocenters. The molecular weight excluding hydrogens is 258 g/mol. The molecule has 0 aliphatic carbocycles. The van der Waals surface area contributed by atoms with Crippen molar-refractivity contribution in [2.75, 3.05) is 41.4 Å². The first-order valence-electron chi connectivity index (χ1n) is 6.80. The van der Waals surface area contributed by atoms with Gasteiger partial charge in [-0.15, -0.1) is 0 Å². The summed E-state index contributed by atoms with van der Waals surface area (Å²) in [4.78, 5) is 13.4. The van der Waals surface area contributed by atoms with Crippen molar-refractivity contribution in [2.45, 2.75) is 6.42 Å². The molecule has 2 aliphatic rings. The van der Waals surface area contributed by atoms with E-state index in [2.05, 4.69) is 22.8 Å². The molecule has 5 heteroatoms. The fourth-order valence-electron chi connectivity index (χ4n) is 2.51. The van der Waals surface area contributed by atoms with Crippen LogP contribution in [0.3, 0.4) is 0 Å². The molecule has 19 heavy (non-hydrogen) atoms. The normalized spacial score (nSPS) is 22.6. The smallest absolute Gasteiger partial charge is 0.321 e. The Balaban J connectivity index is 1.63. The number of carbonyl (C=O) groups excluding carboxylic acids is 1. The first-order chi connectivity index (χ1) is 9.33. The largest absolute Gasteiger partial charge is 0.385 e. The van der Waals surface area contributed by atoms with Crippen molar-refractivity contribution in [2.24, 2.45) is 5.92 Å². The fourth-order valence-corrected chi connectivity index (χ4v) is 3.79. The molecular formula is C14H19N3OS. The zero-order chi connectivity index (χ0) is 13.1. The minimum absolute atomic E-state index is 0.00402. The molecule has 1 atom stereocenters. The van der Waals surface area contributed by atoms with E-state index in [9.17, 15) is 4.79 Å². The summed E-state index contributed by atoms with van der Waals surface area (Å²) in [7, 11) is 0. The van der Waals surface area contributed by atoms with Crippen LogP contribution in [0.15, 0.2) is 24.3 Å². The van der Waals surface area contributed by atoms with Gasteiger partial charge in [0.15, 0.2) is 0 Å². The number of benzene rings is 1. The number of carbonyl (C=O) groups is 1. The Morgan fingerprint density at radius 2 is 2.42 bits per heavy atom. The van der Waals surface area contributed by atoms with Gasteiger partial charge in [-0.3, -0.25) is 4.90 Å². The quantitative estimate of drug-likeness (QED) is 0.888. The predicted octanol–water partition coefficient (Wildman–Crippen LogP) is 2.38. The van der Waals surface area contributed by atoms with Crippen molar-refractivity contribution in [3.63, 3.8) is 0 Å². The Bertz CT molecular complexity index is 460. The van der Waals surface area contributed by atoms with Gasteiger partial charge in [-0.05, 0) is 42.0 Å². The second kappa shape index (κ2) is 5.74. The fraction of sp³-hybridized carbons (Fsp3) is 0.500. The van der Waals surface area contributed by atoms with Crippen LogP contribution in [0.1, 0.15) is 6.42 Å². The lowest BCUT2D eigenvalue weighted by Gasteiger charge is -2.17. The van der Waals surface area contributed by atoms with Gasteiger partial charge in [0.05, 0.1) is 0 Å². The molecule has 2 aliphatic heterocycles. The summed E-state index contributed by atoms with van der Waals surface area (Å²) in [6.45, 7) is 2.51. The molecule has 0 spiro atoms. The number of amides is 2.